The van der Waals surface area contributed by atoms with Gasteiger partial charge in [0.25, 0.3) is 0 Å². The maximum absolute atomic E-state index is 12.5. The minimum absolute atomic E-state index is 0.0216. The van der Waals surface area contributed by atoms with E-state index in [1.165, 1.54) is 11.1 Å². The minimum Gasteiger partial charge on any atom is -0.348 e. The lowest BCUT2D eigenvalue weighted by Gasteiger charge is -2.38. The predicted molar refractivity (Wildman–Crippen MR) is 82.5 cm³/mol. The van der Waals surface area contributed by atoms with Crippen LogP contribution >= 0.6 is 0 Å². The van der Waals surface area contributed by atoms with Gasteiger partial charge in [-0.2, -0.15) is 0 Å². The second-order valence-electron chi connectivity index (χ2n) is 6.57. The topological polar surface area (TPSA) is 41.1 Å². The Morgan fingerprint density at radius 2 is 2.10 bits per heavy atom. The highest BCUT2D eigenvalue weighted by molar-refractivity contribution is 5.83. The number of hydrogen-bond acceptors (Lipinski definition) is 2. The molecule has 0 aliphatic carbocycles. The molecule has 110 valence electrons. The van der Waals surface area contributed by atoms with Crippen LogP contribution in [0.1, 0.15) is 50.8 Å². The minimum atomic E-state index is -0.0947. The third-order valence-corrected chi connectivity index (χ3v) is 4.40. The lowest BCUT2D eigenvalue weighted by atomic mass is 9.77. The van der Waals surface area contributed by atoms with Crippen LogP contribution in [-0.4, -0.2) is 18.5 Å². The Bertz CT molecular complexity index is 482. The average Bonchev–Trinajstić information content (AvgIpc) is 2.38. The van der Waals surface area contributed by atoms with Crippen molar-refractivity contribution in [3.05, 3.63) is 35.4 Å². The number of nitrogens with one attached hydrogen (secondary N) is 2. The first-order chi connectivity index (χ1) is 9.42. The quantitative estimate of drug-likeness (QED) is 0.889. The van der Waals surface area contributed by atoms with Crippen molar-refractivity contribution in [1.82, 2.24) is 10.6 Å². The third-order valence-electron chi connectivity index (χ3n) is 4.40. The monoisotopic (exact) mass is 274 g/mol. The zero-order valence-electron chi connectivity index (χ0n) is 13.0. The second-order valence-corrected chi connectivity index (χ2v) is 6.57. The molecule has 20 heavy (non-hydrogen) atoms. The Morgan fingerprint density at radius 1 is 1.40 bits per heavy atom. The van der Waals surface area contributed by atoms with Crippen molar-refractivity contribution in [3.8, 4) is 0 Å². The molecule has 1 aliphatic rings. The molecule has 2 atom stereocenters. The highest BCUT2D eigenvalue weighted by atomic mass is 16.2. The Labute approximate surface area is 122 Å². The van der Waals surface area contributed by atoms with Gasteiger partial charge in [0.1, 0.15) is 0 Å². The number of carbonyl (C=O) groups is 1. The highest BCUT2D eigenvalue weighted by Gasteiger charge is 2.37. The molecule has 1 saturated heterocycles. The predicted octanol–water partition coefficient (Wildman–Crippen LogP) is 2.95. The van der Waals surface area contributed by atoms with Crippen molar-refractivity contribution in [3.63, 3.8) is 0 Å². The van der Waals surface area contributed by atoms with Crippen molar-refractivity contribution < 1.29 is 4.79 Å². The van der Waals surface area contributed by atoms with Crippen LogP contribution in [0.25, 0.3) is 0 Å². The number of benzene rings is 1. The summed E-state index contributed by atoms with van der Waals surface area (Å²) in [5, 5.41) is 6.53. The molecule has 0 spiro atoms. The van der Waals surface area contributed by atoms with Gasteiger partial charge in [0, 0.05) is 0 Å². The summed E-state index contributed by atoms with van der Waals surface area (Å²) < 4.78 is 0. The van der Waals surface area contributed by atoms with E-state index < -0.39 is 0 Å². The van der Waals surface area contributed by atoms with E-state index in [0.29, 0.717) is 0 Å². The zero-order valence-corrected chi connectivity index (χ0v) is 13.0. The molecule has 3 nitrogen and oxygen atoms in total. The van der Waals surface area contributed by atoms with Crippen LogP contribution in [0.4, 0.5) is 0 Å². The molecule has 0 radical (unpaired) electrons. The van der Waals surface area contributed by atoms with Crippen LogP contribution in [0.3, 0.4) is 0 Å². The fourth-order valence-corrected chi connectivity index (χ4v) is 3.11. The first-order valence-electron chi connectivity index (χ1n) is 7.51. The summed E-state index contributed by atoms with van der Waals surface area (Å²) in [4.78, 5) is 12.5. The van der Waals surface area contributed by atoms with Gasteiger partial charge in [-0.25, -0.2) is 0 Å². The van der Waals surface area contributed by atoms with Crippen LogP contribution in [0, 0.1) is 12.3 Å². The molecule has 1 aliphatic heterocycles. The molecule has 1 aromatic carbocycles. The first kappa shape index (κ1) is 15.0. The van der Waals surface area contributed by atoms with Crippen molar-refractivity contribution >= 4 is 5.91 Å². The summed E-state index contributed by atoms with van der Waals surface area (Å²) in [5.41, 5.74) is 2.43. The maximum Gasteiger partial charge on any atom is 0.238 e. The fourth-order valence-electron chi connectivity index (χ4n) is 3.11. The fraction of sp³-hybridized carbons (Fsp3) is 0.588. The molecule has 1 heterocycles. The number of aryl methyl sites for hydroxylation is 1. The van der Waals surface area contributed by atoms with Crippen LogP contribution in [0.15, 0.2) is 24.3 Å². The Hall–Kier alpha value is -1.35. The molecule has 1 fully saturated rings. The molecule has 2 N–H and O–H groups in total. The molecule has 0 bridgehead atoms. The molecule has 3 heteroatoms. The number of rotatable bonds is 3. The smallest absolute Gasteiger partial charge is 0.238 e. The summed E-state index contributed by atoms with van der Waals surface area (Å²) in [5.74, 6) is 0.116. The van der Waals surface area contributed by atoms with Gasteiger partial charge < -0.3 is 10.6 Å². The van der Waals surface area contributed by atoms with Gasteiger partial charge in [-0.05, 0) is 49.8 Å². The lowest BCUT2D eigenvalue weighted by molar-refractivity contribution is -0.127. The maximum atomic E-state index is 12.5. The zero-order chi connectivity index (χ0) is 14.8. The summed E-state index contributed by atoms with van der Waals surface area (Å²) >= 11 is 0. The van der Waals surface area contributed by atoms with Gasteiger partial charge in [-0.15, -0.1) is 0 Å². The van der Waals surface area contributed by atoms with Crippen LogP contribution in [-0.2, 0) is 4.79 Å². The van der Waals surface area contributed by atoms with Crippen molar-refractivity contribution in [1.29, 1.82) is 0 Å². The van der Waals surface area contributed by atoms with Gasteiger partial charge in [-0.3, -0.25) is 4.79 Å². The largest absolute Gasteiger partial charge is 0.348 e. The summed E-state index contributed by atoms with van der Waals surface area (Å²) in [6.07, 6.45) is 2.24. The van der Waals surface area contributed by atoms with E-state index in [4.69, 9.17) is 0 Å². The van der Waals surface area contributed by atoms with Crippen molar-refractivity contribution in [2.24, 2.45) is 5.41 Å². The Kier molecular flexibility index (Phi) is 4.48. The van der Waals surface area contributed by atoms with Crippen LogP contribution in [0.2, 0.25) is 0 Å². The van der Waals surface area contributed by atoms with E-state index in [9.17, 15) is 4.79 Å². The molecule has 1 aromatic rings. The summed E-state index contributed by atoms with van der Waals surface area (Å²) in [6.45, 7) is 9.40. The van der Waals surface area contributed by atoms with E-state index in [2.05, 4.69) is 50.5 Å². The third kappa shape index (κ3) is 3.21. The van der Waals surface area contributed by atoms with E-state index in [1.807, 2.05) is 12.1 Å². The molecule has 0 saturated carbocycles. The number of carbonyl (C=O) groups excluding carboxylic acids is 1. The Balaban J connectivity index is 2.06. The highest BCUT2D eigenvalue weighted by Crippen LogP contribution is 2.30. The molecule has 1 amide bonds. The molecule has 0 aromatic heterocycles. The standard InChI is InChI=1S/C17H26N2O/c1-12-8-5-6-9-14(12)13(2)19-16(20)15-17(3,4)10-7-11-18-15/h5-6,8-9,13,15,18H,7,10-11H2,1-4H3,(H,19,20)/t13-,15?/m0/s1. The first-order valence-corrected chi connectivity index (χ1v) is 7.51. The number of hydrogen-bond donors (Lipinski definition) is 2. The average molecular weight is 274 g/mol. The molecular formula is C17H26N2O. The molecular weight excluding hydrogens is 248 g/mol. The summed E-state index contributed by atoms with van der Waals surface area (Å²) in [7, 11) is 0. The van der Waals surface area contributed by atoms with Crippen LogP contribution < -0.4 is 10.6 Å². The van der Waals surface area contributed by atoms with Crippen molar-refractivity contribution in [2.45, 2.75) is 52.6 Å². The van der Waals surface area contributed by atoms with E-state index >= 15 is 0 Å². The Morgan fingerprint density at radius 3 is 2.75 bits per heavy atom. The number of amides is 1. The summed E-state index contributed by atoms with van der Waals surface area (Å²) in [6, 6.07) is 8.17. The van der Waals surface area contributed by atoms with Gasteiger partial charge in [0.15, 0.2) is 0 Å². The lowest BCUT2D eigenvalue weighted by Crippen LogP contribution is -2.55. The second kappa shape index (κ2) is 5.96. The van der Waals surface area contributed by atoms with Gasteiger partial charge in [0.2, 0.25) is 5.91 Å². The molecule has 1 unspecified atom stereocenters. The van der Waals surface area contributed by atoms with Gasteiger partial charge in [-0.1, -0.05) is 38.1 Å². The van der Waals surface area contributed by atoms with Crippen LogP contribution in [0.5, 0.6) is 0 Å². The normalized spacial score (nSPS) is 23.1. The van der Waals surface area contributed by atoms with E-state index in [-0.39, 0.29) is 23.4 Å². The van der Waals surface area contributed by atoms with Crippen molar-refractivity contribution in [2.75, 3.05) is 6.54 Å². The van der Waals surface area contributed by atoms with E-state index in [1.54, 1.807) is 0 Å². The van der Waals surface area contributed by atoms with E-state index in [0.717, 1.165) is 19.4 Å². The van der Waals surface area contributed by atoms with Gasteiger partial charge in [0.05, 0.1) is 12.1 Å². The molecule has 2 rings (SSSR count). The SMILES string of the molecule is Cc1ccccc1[C@H](C)NC(=O)C1NCCCC1(C)C. The number of piperidine rings is 1. The van der Waals surface area contributed by atoms with Gasteiger partial charge >= 0.3 is 0 Å².